The van der Waals surface area contributed by atoms with Gasteiger partial charge in [0.1, 0.15) is 11.9 Å². The lowest BCUT2D eigenvalue weighted by atomic mass is 9.98. The summed E-state index contributed by atoms with van der Waals surface area (Å²) < 4.78 is 19.3. The van der Waals surface area contributed by atoms with Crippen molar-refractivity contribution in [2.24, 2.45) is 4.99 Å². The Kier molecular flexibility index (Phi) is 9.97. The Morgan fingerprint density at radius 1 is 1.26 bits per heavy atom. The van der Waals surface area contributed by atoms with E-state index in [4.69, 9.17) is 9.73 Å². The van der Waals surface area contributed by atoms with Crippen molar-refractivity contribution in [2.45, 2.75) is 58.3 Å². The smallest absolute Gasteiger partial charge is 0.194 e. The first kappa shape index (κ1) is 24.1. The van der Waals surface area contributed by atoms with Gasteiger partial charge in [-0.3, -0.25) is 4.99 Å². The summed E-state index contributed by atoms with van der Waals surface area (Å²) in [5.74, 6) is 0.540. The molecule has 1 saturated heterocycles. The number of ether oxygens (including phenoxy) is 1. The highest BCUT2D eigenvalue weighted by Gasteiger charge is 2.29. The second-order valence-corrected chi connectivity index (χ2v) is 6.99. The van der Waals surface area contributed by atoms with E-state index in [1.165, 1.54) is 12.1 Å². The van der Waals surface area contributed by atoms with Crippen LogP contribution >= 0.6 is 24.0 Å². The Hall–Kier alpha value is -0.930. The molecule has 0 radical (unpaired) electrons. The first-order valence-electron chi connectivity index (χ1n) is 9.57. The summed E-state index contributed by atoms with van der Waals surface area (Å²) in [5, 5.41) is 13.9. The van der Waals surface area contributed by atoms with Crippen molar-refractivity contribution >= 4 is 29.9 Å². The molecule has 1 heterocycles. The van der Waals surface area contributed by atoms with E-state index in [0.29, 0.717) is 25.9 Å². The zero-order valence-corrected chi connectivity index (χ0v) is 19.1. The largest absolute Gasteiger partial charge is 0.388 e. The Bertz CT molecular complexity index is 593. The minimum absolute atomic E-state index is 0. The zero-order valence-electron chi connectivity index (χ0n) is 16.7. The molecule has 0 saturated carbocycles. The van der Waals surface area contributed by atoms with Gasteiger partial charge >= 0.3 is 0 Å². The Morgan fingerprint density at radius 3 is 2.44 bits per heavy atom. The van der Waals surface area contributed by atoms with Gasteiger partial charge in [-0.25, -0.2) is 4.39 Å². The van der Waals surface area contributed by atoms with Crippen LogP contribution in [0.1, 0.15) is 52.2 Å². The standard InChI is InChI=1S/C20H32FN3O2.HI/c1-5-20(25,6-2)14-23-19(22-7-3)24-12-15(4)26-18(13-24)16-8-10-17(21)11-9-16;/h8-11,15,18,25H,5-7,12-14H2,1-4H3,(H,22,23);1H. The molecule has 154 valence electrons. The van der Waals surface area contributed by atoms with E-state index in [2.05, 4.69) is 10.2 Å². The van der Waals surface area contributed by atoms with Crippen LogP contribution in [-0.2, 0) is 4.74 Å². The maximum Gasteiger partial charge on any atom is 0.194 e. The maximum atomic E-state index is 13.2. The van der Waals surface area contributed by atoms with E-state index in [-0.39, 0.29) is 42.0 Å². The van der Waals surface area contributed by atoms with E-state index in [9.17, 15) is 9.50 Å². The van der Waals surface area contributed by atoms with Gasteiger partial charge in [0.05, 0.1) is 24.8 Å². The summed E-state index contributed by atoms with van der Waals surface area (Å²) in [6.45, 7) is 10.5. The first-order valence-corrected chi connectivity index (χ1v) is 9.57. The highest BCUT2D eigenvalue weighted by molar-refractivity contribution is 14.0. The predicted octanol–water partition coefficient (Wildman–Crippen LogP) is 3.72. The van der Waals surface area contributed by atoms with Gasteiger partial charge in [0, 0.05) is 13.1 Å². The number of halogens is 2. The molecule has 27 heavy (non-hydrogen) atoms. The molecule has 2 atom stereocenters. The monoisotopic (exact) mass is 493 g/mol. The molecule has 0 amide bonds. The number of aliphatic imine (C=N–C) groups is 1. The van der Waals surface area contributed by atoms with Gasteiger partial charge < -0.3 is 20.1 Å². The zero-order chi connectivity index (χ0) is 19.2. The third kappa shape index (κ3) is 6.87. The minimum atomic E-state index is -0.769. The summed E-state index contributed by atoms with van der Waals surface area (Å²) in [4.78, 5) is 6.86. The Morgan fingerprint density at radius 2 is 1.89 bits per heavy atom. The molecule has 0 aliphatic carbocycles. The fourth-order valence-electron chi connectivity index (χ4n) is 3.11. The molecule has 2 unspecified atom stereocenters. The van der Waals surface area contributed by atoms with Gasteiger partial charge in [-0.2, -0.15) is 0 Å². The van der Waals surface area contributed by atoms with Crippen molar-refractivity contribution in [3.05, 3.63) is 35.6 Å². The molecular weight excluding hydrogens is 460 g/mol. The van der Waals surface area contributed by atoms with E-state index in [0.717, 1.165) is 24.6 Å². The van der Waals surface area contributed by atoms with Crippen LogP contribution in [0.25, 0.3) is 0 Å². The molecule has 0 bridgehead atoms. The van der Waals surface area contributed by atoms with Gasteiger partial charge in [-0.1, -0.05) is 26.0 Å². The highest BCUT2D eigenvalue weighted by atomic mass is 127. The molecule has 1 aliphatic heterocycles. The average molecular weight is 493 g/mol. The van der Waals surface area contributed by atoms with E-state index < -0.39 is 5.60 Å². The number of rotatable bonds is 6. The molecule has 5 nitrogen and oxygen atoms in total. The predicted molar refractivity (Wildman–Crippen MR) is 118 cm³/mol. The molecule has 0 spiro atoms. The van der Waals surface area contributed by atoms with Crippen molar-refractivity contribution in [1.29, 1.82) is 0 Å². The topological polar surface area (TPSA) is 57.1 Å². The van der Waals surface area contributed by atoms with Gasteiger partial charge in [0.2, 0.25) is 0 Å². The highest BCUT2D eigenvalue weighted by Crippen LogP contribution is 2.25. The van der Waals surface area contributed by atoms with Gasteiger partial charge in [-0.15, -0.1) is 24.0 Å². The summed E-state index contributed by atoms with van der Waals surface area (Å²) in [6.07, 6.45) is 1.23. The normalized spacial score (nSPS) is 21.0. The van der Waals surface area contributed by atoms with Crippen LogP contribution in [0.5, 0.6) is 0 Å². The molecule has 2 N–H and O–H groups in total. The second kappa shape index (κ2) is 11.2. The van der Waals surface area contributed by atoms with Gasteiger partial charge in [0.15, 0.2) is 5.96 Å². The third-order valence-corrected chi connectivity index (χ3v) is 4.98. The van der Waals surface area contributed by atoms with Crippen molar-refractivity contribution in [3.63, 3.8) is 0 Å². The van der Waals surface area contributed by atoms with Crippen LogP contribution in [0, 0.1) is 5.82 Å². The van der Waals surface area contributed by atoms with Crippen LogP contribution in [0.3, 0.4) is 0 Å². The Labute approximate surface area is 179 Å². The van der Waals surface area contributed by atoms with Crippen LogP contribution in [0.4, 0.5) is 4.39 Å². The van der Waals surface area contributed by atoms with E-state index >= 15 is 0 Å². The van der Waals surface area contributed by atoms with Crippen LogP contribution < -0.4 is 5.32 Å². The number of guanidine groups is 1. The van der Waals surface area contributed by atoms with Gasteiger partial charge in [0.25, 0.3) is 0 Å². The Balaban J connectivity index is 0.00000364. The quantitative estimate of drug-likeness (QED) is 0.361. The third-order valence-electron chi connectivity index (χ3n) is 4.98. The van der Waals surface area contributed by atoms with Crippen LogP contribution in [-0.4, -0.2) is 53.9 Å². The molecule has 1 aromatic rings. The summed E-state index contributed by atoms with van der Waals surface area (Å²) in [7, 11) is 0. The summed E-state index contributed by atoms with van der Waals surface area (Å²) >= 11 is 0. The van der Waals surface area contributed by atoms with E-state index in [1.54, 1.807) is 12.1 Å². The molecule has 1 fully saturated rings. The SMILES string of the molecule is CCNC(=NCC(O)(CC)CC)N1CC(C)OC(c2ccc(F)cc2)C1.I. The van der Waals surface area contributed by atoms with Gasteiger partial charge in [-0.05, 0) is 44.4 Å². The lowest BCUT2D eigenvalue weighted by Crippen LogP contribution is -2.51. The van der Waals surface area contributed by atoms with Crippen LogP contribution in [0.2, 0.25) is 0 Å². The molecular formula is C20H33FIN3O2. The second-order valence-electron chi connectivity index (χ2n) is 6.99. The van der Waals surface area contributed by atoms with Crippen molar-refractivity contribution in [2.75, 3.05) is 26.2 Å². The lowest BCUT2D eigenvalue weighted by Gasteiger charge is -2.39. The van der Waals surface area contributed by atoms with Crippen LogP contribution in [0.15, 0.2) is 29.3 Å². The lowest BCUT2D eigenvalue weighted by molar-refractivity contribution is -0.0606. The molecule has 2 rings (SSSR count). The number of hydrogen-bond acceptors (Lipinski definition) is 3. The summed E-state index contributed by atoms with van der Waals surface area (Å²) in [5.41, 5.74) is 0.187. The minimum Gasteiger partial charge on any atom is -0.388 e. The number of aliphatic hydroxyl groups is 1. The molecule has 0 aromatic heterocycles. The van der Waals surface area contributed by atoms with Crippen molar-refractivity contribution < 1.29 is 14.2 Å². The molecule has 1 aliphatic rings. The summed E-state index contributed by atoms with van der Waals surface area (Å²) in [6, 6.07) is 6.47. The fourth-order valence-corrected chi connectivity index (χ4v) is 3.11. The molecule has 7 heteroatoms. The van der Waals surface area contributed by atoms with E-state index in [1.807, 2.05) is 27.7 Å². The van der Waals surface area contributed by atoms with Crippen molar-refractivity contribution in [3.8, 4) is 0 Å². The number of benzene rings is 1. The molecule has 1 aromatic carbocycles. The fraction of sp³-hybridized carbons (Fsp3) is 0.650. The number of nitrogens with zero attached hydrogens (tertiary/aromatic N) is 2. The average Bonchev–Trinajstić information content (AvgIpc) is 2.65. The number of morpholine rings is 1. The van der Waals surface area contributed by atoms with Crippen molar-refractivity contribution in [1.82, 2.24) is 10.2 Å². The number of nitrogens with one attached hydrogen (secondary N) is 1. The first-order chi connectivity index (χ1) is 12.4. The maximum absolute atomic E-state index is 13.2. The number of hydrogen-bond donors (Lipinski definition) is 2.